The lowest BCUT2D eigenvalue weighted by Crippen LogP contribution is -2.54. The fourth-order valence-electron chi connectivity index (χ4n) is 3.04. The largest absolute Gasteiger partial charge is 0.320 e. The van der Waals surface area contributed by atoms with Crippen molar-refractivity contribution in [3.05, 3.63) is 29.3 Å². The highest BCUT2D eigenvalue weighted by Gasteiger charge is 2.45. The predicted molar refractivity (Wildman–Crippen MR) is 92.4 cm³/mol. The Morgan fingerprint density at radius 1 is 1.24 bits per heavy atom. The first-order chi connectivity index (χ1) is 12.0. The van der Waals surface area contributed by atoms with E-state index in [1.165, 1.54) is 11.8 Å². The van der Waals surface area contributed by atoms with E-state index in [0.717, 1.165) is 28.5 Å². The Hall–Kier alpha value is -2.19. The number of thioether (sulfide) groups is 1. The summed E-state index contributed by atoms with van der Waals surface area (Å²) >= 11 is 1.53. The van der Waals surface area contributed by atoms with Crippen molar-refractivity contribution in [2.24, 2.45) is 0 Å². The van der Waals surface area contributed by atoms with Gasteiger partial charge >= 0.3 is 0 Å². The predicted octanol–water partition coefficient (Wildman–Crippen LogP) is 0.789. The van der Waals surface area contributed by atoms with E-state index in [9.17, 15) is 19.2 Å². The summed E-state index contributed by atoms with van der Waals surface area (Å²) in [7, 11) is 1.88. The molecule has 4 amide bonds. The molecule has 1 unspecified atom stereocenters. The van der Waals surface area contributed by atoms with Crippen molar-refractivity contribution in [2.45, 2.75) is 30.2 Å². The van der Waals surface area contributed by atoms with Gasteiger partial charge in [0.15, 0.2) is 0 Å². The highest BCUT2D eigenvalue weighted by Crippen LogP contribution is 2.34. The van der Waals surface area contributed by atoms with Crippen LogP contribution in [0.2, 0.25) is 0 Å². The minimum absolute atomic E-state index is 0.120. The minimum atomic E-state index is -0.924. The SMILES string of the molecule is CNCCCSc1cccc2c1C(=O)N(C1CCC(=O)NC1=O)C2=O. The highest BCUT2D eigenvalue weighted by atomic mass is 32.2. The van der Waals surface area contributed by atoms with Crippen molar-refractivity contribution >= 4 is 35.4 Å². The van der Waals surface area contributed by atoms with Crippen LogP contribution in [0.1, 0.15) is 40.0 Å². The average Bonchev–Trinajstić information content (AvgIpc) is 2.84. The van der Waals surface area contributed by atoms with E-state index in [-0.39, 0.29) is 18.7 Å². The molecule has 1 atom stereocenters. The minimum Gasteiger partial charge on any atom is -0.320 e. The summed E-state index contributed by atoms with van der Waals surface area (Å²) in [6, 6.07) is 4.26. The van der Waals surface area contributed by atoms with Gasteiger partial charge in [-0.3, -0.25) is 29.4 Å². The number of benzene rings is 1. The standard InChI is InChI=1S/C17H19N3O4S/c1-18-8-3-9-25-12-5-2-4-10-14(12)17(24)20(16(10)23)11-6-7-13(21)19-15(11)22/h2,4-5,11,18H,3,6-9H2,1H3,(H,19,21,22). The van der Waals surface area contributed by atoms with Gasteiger partial charge in [0.1, 0.15) is 6.04 Å². The molecule has 8 heteroatoms. The molecule has 0 bridgehead atoms. The molecule has 0 aliphatic carbocycles. The number of carbonyl (C=O) groups is 4. The van der Waals surface area contributed by atoms with Crippen LogP contribution in [0.3, 0.4) is 0 Å². The van der Waals surface area contributed by atoms with E-state index in [1.54, 1.807) is 12.1 Å². The first-order valence-corrected chi connectivity index (χ1v) is 9.15. The molecule has 0 spiro atoms. The van der Waals surface area contributed by atoms with Gasteiger partial charge in [-0.25, -0.2) is 0 Å². The molecular weight excluding hydrogens is 342 g/mol. The van der Waals surface area contributed by atoms with Crippen LogP contribution in [0, 0.1) is 0 Å². The topological polar surface area (TPSA) is 95.6 Å². The van der Waals surface area contributed by atoms with Gasteiger partial charge in [-0.15, -0.1) is 11.8 Å². The third kappa shape index (κ3) is 3.32. The maximum Gasteiger partial charge on any atom is 0.263 e. The van der Waals surface area contributed by atoms with E-state index < -0.39 is 23.8 Å². The van der Waals surface area contributed by atoms with E-state index in [1.807, 2.05) is 13.1 Å². The van der Waals surface area contributed by atoms with Crippen molar-refractivity contribution in [3.63, 3.8) is 0 Å². The molecule has 132 valence electrons. The van der Waals surface area contributed by atoms with Gasteiger partial charge < -0.3 is 5.32 Å². The molecule has 0 saturated carbocycles. The lowest BCUT2D eigenvalue weighted by Gasteiger charge is -2.27. The maximum atomic E-state index is 12.9. The summed E-state index contributed by atoms with van der Waals surface area (Å²) in [6.45, 7) is 0.872. The van der Waals surface area contributed by atoms with Gasteiger partial charge in [-0.2, -0.15) is 0 Å². The summed E-state index contributed by atoms with van der Waals surface area (Å²) in [5, 5.41) is 5.27. The Balaban J connectivity index is 1.84. The van der Waals surface area contributed by atoms with E-state index >= 15 is 0 Å². The van der Waals surface area contributed by atoms with Crippen LogP contribution in [0.15, 0.2) is 23.1 Å². The molecule has 2 heterocycles. The van der Waals surface area contributed by atoms with Crippen molar-refractivity contribution in [1.29, 1.82) is 0 Å². The maximum absolute atomic E-state index is 12.9. The smallest absolute Gasteiger partial charge is 0.263 e. The number of rotatable bonds is 6. The Morgan fingerprint density at radius 2 is 2.04 bits per heavy atom. The molecule has 7 nitrogen and oxygen atoms in total. The lowest BCUT2D eigenvalue weighted by molar-refractivity contribution is -0.136. The number of nitrogens with zero attached hydrogens (tertiary/aromatic N) is 1. The summed E-state index contributed by atoms with van der Waals surface area (Å²) in [6.07, 6.45) is 1.22. The van der Waals surface area contributed by atoms with Gasteiger partial charge in [-0.05, 0) is 44.3 Å². The number of imide groups is 2. The zero-order valence-electron chi connectivity index (χ0n) is 13.8. The average molecular weight is 361 g/mol. The van der Waals surface area contributed by atoms with Crippen LogP contribution in [0.25, 0.3) is 0 Å². The molecule has 1 fully saturated rings. The number of fused-ring (bicyclic) bond motifs is 1. The van der Waals surface area contributed by atoms with Crippen LogP contribution >= 0.6 is 11.8 Å². The van der Waals surface area contributed by atoms with E-state index in [0.29, 0.717) is 11.1 Å². The fourth-order valence-corrected chi connectivity index (χ4v) is 4.06. The summed E-state index contributed by atoms with van der Waals surface area (Å²) < 4.78 is 0. The second kappa shape index (κ2) is 7.37. The fraction of sp³-hybridized carbons (Fsp3) is 0.412. The van der Waals surface area contributed by atoms with Gasteiger partial charge in [0.2, 0.25) is 11.8 Å². The molecule has 25 heavy (non-hydrogen) atoms. The van der Waals surface area contributed by atoms with Gasteiger partial charge in [0, 0.05) is 11.3 Å². The van der Waals surface area contributed by atoms with Crippen LogP contribution in [-0.2, 0) is 9.59 Å². The van der Waals surface area contributed by atoms with Crippen LogP contribution in [-0.4, -0.2) is 53.9 Å². The molecule has 0 radical (unpaired) electrons. The summed E-state index contributed by atoms with van der Waals surface area (Å²) in [5.74, 6) is -1.07. The van der Waals surface area contributed by atoms with Gasteiger partial charge in [0.25, 0.3) is 11.8 Å². The van der Waals surface area contributed by atoms with Crippen LogP contribution < -0.4 is 10.6 Å². The van der Waals surface area contributed by atoms with Crippen LogP contribution in [0.4, 0.5) is 0 Å². The Bertz CT molecular complexity index is 749. The van der Waals surface area contributed by atoms with Crippen LogP contribution in [0.5, 0.6) is 0 Å². The summed E-state index contributed by atoms with van der Waals surface area (Å²) in [5.41, 5.74) is 0.694. The first kappa shape index (κ1) is 17.6. The Morgan fingerprint density at radius 3 is 2.76 bits per heavy atom. The Kier molecular flexibility index (Phi) is 5.19. The number of hydrogen-bond acceptors (Lipinski definition) is 6. The Labute approximate surface area is 149 Å². The first-order valence-electron chi connectivity index (χ1n) is 8.16. The second-order valence-electron chi connectivity index (χ2n) is 5.93. The molecular formula is C17H19N3O4S. The molecule has 2 N–H and O–H groups in total. The zero-order chi connectivity index (χ0) is 18.0. The quantitative estimate of drug-likeness (QED) is 0.442. The lowest BCUT2D eigenvalue weighted by atomic mass is 10.0. The third-order valence-corrected chi connectivity index (χ3v) is 5.40. The molecule has 1 saturated heterocycles. The monoisotopic (exact) mass is 361 g/mol. The summed E-state index contributed by atoms with van der Waals surface area (Å²) in [4.78, 5) is 50.7. The van der Waals surface area contributed by atoms with Crippen molar-refractivity contribution in [2.75, 3.05) is 19.3 Å². The highest BCUT2D eigenvalue weighted by molar-refractivity contribution is 7.99. The number of nitrogens with one attached hydrogen (secondary N) is 2. The zero-order valence-corrected chi connectivity index (χ0v) is 14.6. The van der Waals surface area contributed by atoms with Crippen molar-refractivity contribution < 1.29 is 19.2 Å². The number of piperidine rings is 1. The molecule has 3 rings (SSSR count). The van der Waals surface area contributed by atoms with E-state index in [4.69, 9.17) is 0 Å². The van der Waals surface area contributed by atoms with Crippen molar-refractivity contribution in [1.82, 2.24) is 15.5 Å². The third-order valence-electron chi connectivity index (χ3n) is 4.26. The van der Waals surface area contributed by atoms with Gasteiger partial charge in [-0.1, -0.05) is 6.07 Å². The molecule has 0 aromatic heterocycles. The van der Waals surface area contributed by atoms with Crippen molar-refractivity contribution in [3.8, 4) is 0 Å². The normalized spacial score (nSPS) is 20.0. The number of amides is 4. The molecule has 2 aliphatic heterocycles. The number of hydrogen-bond donors (Lipinski definition) is 2. The molecule has 1 aromatic carbocycles. The van der Waals surface area contributed by atoms with Gasteiger partial charge in [0.05, 0.1) is 11.1 Å². The number of carbonyl (C=O) groups excluding carboxylic acids is 4. The molecule has 1 aromatic rings. The molecule has 2 aliphatic rings. The second-order valence-corrected chi connectivity index (χ2v) is 7.07. The van der Waals surface area contributed by atoms with E-state index in [2.05, 4.69) is 10.6 Å².